The summed E-state index contributed by atoms with van der Waals surface area (Å²) in [6.45, 7) is 0. The average Bonchev–Trinajstić information content (AvgIpc) is 4.37. The molecule has 5 heterocycles. The second-order valence-corrected chi connectivity index (χ2v) is 22.3. The van der Waals surface area contributed by atoms with Gasteiger partial charge in [0.25, 0.3) is 0 Å². The minimum absolute atomic E-state index is 0.971. The van der Waals surface area contributed by atoms with Crippen molar-refractivity contribution in [3.63, 3.8) is 0 Å². The zero-order chi connectivity index (χ0) is 49.6. The highest BCUT2D eigenvalue weighted by Gasteiger charge is 2.21. The van der Waals surface area contributed by atoms with E-state index in [-0.39, 0.29) is 0 Å². The van der Waals surface area contributed by atoms with Crippen LogP contribution in [0.1, 0.15) is 0 Å². The fourth-order valence-corrected chi connectivity index (χ4v) is 15.1. The summed E-state index contributed by atoms with van der Waals surface area (Å²) in [7, 11) is 0. The third-order valence-corrected chi connectivity index (χ3v) is 18.5. The largest absolute Gasteiger partial charge is 0.309 e. The summed E-state index contributed by atoms with van der Waals surface area (Å²) in [5.74, 6) is 0.971. The van der Waals surface area contributed by atoms with Gasteiger partial charge in [-0.25, -0.2) is 4.98 Å². The molecule has 17 aromatic rings. The molecule has 17 rings (SSSR count). The molecule has 0 fully saturated rings. The van der Waals surface area contributed by atoms with Gasteiger partial charge in [0, 0.05) is 74.6 Å². The van der Waals surface area contributed by atoms with Crippen LogP contribution in [0.2, 0.25) is 0 Å². The van der Waals surface area contributed by atoms with Gasteiger partial charge in [-0.3, -0.25) is 4.57 Å². The van der Waals surface area contributed by atoms with E-state index in [0.29, 0.717) is 0 Å². The van der Waals surface area contributed by atoms with Crippen LogP contribution in [0, 0.1) is 0 Å². The fourth-order valence-electron chi connectivity index (χ4n) is 12.7. The minimum Gasteiger partial charge on any atom is -0.309 e. The van der Waals surface area contributed by atoms with E-state index in [9.17, 15) is 0 Å². The maximum absolute atomic E-state index is 5.09. The Morgan fingerprint density at radius 2 is 0.776 bits per heavy atom. The van der Waals surface area contributed by atoms with Crippen molar-refractivity contribution in [1.82, 2.24) is 14.1 Å². The first kappa shape index (κ1) is 42.0. The van der Waals surface area contributed by atoms with Gasteiger partial charge in [0.2, 0.25) is 0 Å². The molecule has 3 nitrogen and oxygen atoms in total. The molecule has 0 unspecified atom stereocenters. The number of fused-ring (bicyclic) bond motifs is 18. The number of nitrogens with zero attached hydrogens (tertiary/aromatic N) is 3. The van der Waals surface area contributed by atoms with Gasteiger partial charge in [0.15, 0.2) is 5.82 Å². The van der Waals surface area contributed by atoms with Crippen LogP contribution >= 0.6 is 22.7 Å². The van der Waals surface area contributed by atoms with Gasteiger partial charge >= 0.3 is 0 Å². The Morgan fingerprint density at radius 1 is 0.263 bits per heavy atom. The van der Waals surface area contributed by atoms with Gasteiger partial charge in [-0.1, -0.05) is 158 Å². The van der Waals surface area contributed by atoms with Crippen LogP contribution in [0.4, 0.5) is 0 Å². The van der Waals surface area contributed by atoms with E-state index < -0.39 is 0 Å². The molecule has 0 atom stereocenters. The maximum Gasteiger partial charge on any atom is 0.155 e. The van der Waals surface area contributed by atoms with Crippen molar-refractivity contribution in [2.24, 2.45) is 0 Å². The number of hydrogen-bond acceptors (Lipinski definition) is 3. The van der Waals surface area contributed by atoms with Crippen LogP contribution < -0.4 is 0 Å². The first-order valence-electron chi connectivity index (χ1n) is 25.9. The Labute approximate surface area is 444 Å². The number of benzene rings is 12. The molecule has 0 amide bonds. The summed E-state index contributed by atoms with van der Waals surface area (Å²) < 4.78 is 9.84. The molecule has 352 valence electrons. The van der Waals surface area contributed by atoms with Gasteiger partial charge in [0.1, 0.15) is 0 Å². The molecular formula is C71H41N3S2. The highest BCUT2D eigenvalue weighted by atomic mass is 32.1. The van der Waals surface area contributed by atoms with E-state index in [0.717, 1.165) is 11.5 Å². The summed E-state index contributed by atoms with van der Waals surface area (Å²) in [6.07, 6.45) is 1.98. The lowest BCUT2D eigenvalue weighted by atomic mass is 9.91. The summed E-state index contributed by atoms with van der Waals surface area (Å²) in [5, 5.41) is 17.7. The van der Waals surface area contributed by atoms with Crippen molar-refractivity contribution in [3.05, 3.63) is 249 Å². The van der Waals surface area contributed by atoms with Gasteiger partial charge in [-0.2, -0.15) is 0 Å². The summed E-state index contributed by atoms with van der Waals surface area (Å²) in [4.78, 5) is 5.09. The predicted octanol–water partition coefficient (Wildman–Crippen LogP) is 20.5. The van der Waals surface area contributed by atoms with Gasteiger partial charge in [-0.05, 0) is 145 Å². The van der Waals surface area contributed by atoms with Crippen LogP contribution in [-0.2, 0) is 0 Å². The normalized spacial score (nSPS) is 12.2. The van der Waals surface area contributed by atoms with Crippen molar-refractivity contribution in [2.45, 2.75) is 0 Å². The van der Waals surface area contributed by atoms with Crippen LogP contribution in [0.5, 0.6) is 0 Å². The summed E-state index contributed by atoms with van der Waals surface area (Å²) in [5.41, 5.74) is 13.1. The number of hydrogen-bond donors (Lipinski definition) is 0. The third kappa shape index (κ3) is 6.07. The van der Waals surface area contributed by atoms with Crippen LogP contribution in [0.25, 0.3) is 161 Å². The molecule has 12 aromatic carbocycles. The molecule has 0 N–H and O–H groups in total. The topological polar surface area (TPSA) is 22.8 Å². The smallest absolute Gasteiger partial charge is 0.155 e. The second kappa shape index (κ2) is 16.1. The number of pyridine rings is 1. The van der Waals surface area contributed by atoms with Crippen molar-refractivity contribution in [1.29, 1.82) is 0 Å². The monoisotopic (exact) mass is 999 g/mol. The molecular weight excluding hydrogens is 959 g/mol. The Kier molecular flexibility index (Phi) is 8.88. The molecule has 5 heteroatoms. The minimum atomic E-state index is 0.971. The van der Waals surface area contributed by atoms with Gasteiger partial charge < -0.3 is 4.57 Å². The number of thiophene rings is 2. The summed E-state index contributed by atoms with van der Waals surface area (Å²) in [6, 6.07) is 90.2. The highest BCUT2D eigenvalue weighted by molar-refractivity contribution is 7.26. The van der Waals surface area contributed by atoms with Crippen LogP contribution in [-0.4, -0.2) is 14.1 Å². The van der Waals surface area contributed by atoms with Crippen molar-refractivity contribution >= 4 is 139 Å². The Bertz CT molecular complexity index is 5230. The Morgan fingerprint density at radius 3 is 1.51 bits per heavy atom. The van der Waals surface area contributed by atoms with E-state index >= 15 is 0 Å². The maximum atomic E-state index is 5.09. The first-order valence-corrected chi connectivity index (χ1v) is 27.5. The Balaban J connectivity index is 0.811. The number of aromatic nitrogens is 3. The average molecular weight is 1000 g/mol. The Hall–Kier alpha value is -9.39. The molecule has 0 bridgehead atoms. The fraction of sp³-hybridized carbons (Fsp3) is 0. The predicted molar refractivity (Wildman–Crippen MR) is 328 cm³/mol. The lowest BCUT2D eigenvalue weighted by Crippen LogP contribution is -1.97. The van der Waals surface area contributed by atoms with E-state index in [1.807, 2.05) is 28.9 Å². The lowest BCUT2D eigenvalue weighted by Gasteiger charge is -2.13. The summed E-state index contributed by atoms with van der Waals surface area (Å²) >= 11 is 3.72. The molecule has 0 saturated heterocycles. The van der Waals surface area contributed by atoms with Gasteiger partial charge in [0.05, 0.1) is 26.8 Å². The van der Waals surface area contributed by atoms with Crippen molar-refractivity contribution in [3.8, 4) is 44.9 Å². The second-order valence-electron chi connectivity index (χ2n) is 20.2. The standard InChI is InChI=1S/C71H41N3S2/c1-2-18-50-48(16-1)49-17-3-4-19-51(49)59-37-43(28-31-52(50)59)42-14-13-15-45(36-42)58-39-46(40-62-56-23-8-12-27-67(56)75-69(58)62)44-29-32-66-60(38-44)55-22-7-9-24-63(55)73(66)47-30-33-68-61(41-47)57-34-35-72-71(70(57)76-68)74-64-25-10-5-20-53(64)54-21-6-11-26-65(54)74/h1-41H. The molecule has 0 spiro atoms. The molecule has 0 saturated carbocycles. The highest BCUT2D eigenvalue weighted by Crippen LogP contribution is 2.46. The van der Waals surface area contributed by atoms with E-state index in [4.69, 9.17) is 4.98 Å². The molecule has 0 aliphatic rings. The number of para-hydroxylation sites is 3. The zero-order valence-electron chi connectivity index (χ0n) is 40.8. The SMILES string of the molecule is c1cc(-c2ccc3c4ccccc4c4ccccc4c3c2)cc(-c2cc(-c3ccc4c(c3)c3ccccc3n4-c3ccc4sc5c(-n6c7ccccc7c7ccccc76)nccc5c4c3)cc3c2sc2ccccc23)c1. The zero-order valence-corrected chi connectivity index (χ0v) is 42.5. The molecule has 5 aromatic heterocycles. The van der Waals surface area contributed by atoms with Crippen molar-refractivity contribution < 1.29 is 0 Å². The molecule has 0 aliphatic heterocycles. The molecule has 0 aliphatic carbocycles. The first-order chi connectivity index (χ1) is 37.7. The van der Waals surface area contributed by atoms with Crippen LogP contribution in [0.3, 0.4) is 0 Å². The molecule has 0 radical (unpaired) electrons. The number of rotatable bonds is 5. The quantitative estimate of drug-likeness (QED) is 0.158. The van der Waals surface area contributed by atoms with E-state index in [1.54, 1.807) is 0 Å². The van der Waals surface area contributed by atoms with E-state index in [2.05, 4.69) is 252 Å². The van der Waals surface area contributed by atoms with Gasteiger partial charge in [-0.15, -0.1) is 22.7 Å². The van der Waals surface area contributed by atoms with Crippen LogP contribution in [0.15, 0.2) is 249 Å². The lowest BCUT2D eigenvalue weighted by molar-refractivity contribution is 1.11. The molecule has 76 heavy (non-hydrogen) atoms. The van der Waals surface area contributed by atoms with E-state index in [1.165, 1.54) is 150 Å². The van der Waals surface area contributed by atoms with Crippen molar-refractivity contribution in [2.75, 3.05) is 0 Å². The third-order valence-electron chi connectivity index (χ3n) is 16.1.